The molecule has 1 unspecified atom stereocenters. The van der Waals surface area contributed by atoms with E-state index in [2.05, 4.69) is 15.6 Å². The summed E-state index contributed by atoms with van der Waals surface area (Å²) in [7, 11) is 1.55. The lowest BCUT2D eigenvalue weighted by atomic mass is 9.92. The van der Waals surface area contributed by atoms with Gasteiger partial charge in [0.1, 0.15) is 17.8 Å². The van der Waals surface area contributed by atoms with Gasteiger partial charge in [-0.1, -0.05) is 29.5 Å². The molecule has 0 spiro atoms. The Bertz CT molecular complexity index is 1160. The number of thiazole rings is 1. The highest BCUT2D eigenvalue weighted by atomic mass is 32.1. The van der Waals surface area contributed by atoms with Gasteiger partial charge in [0.15, 0.2) is 5.13 Å². The number of hydrogen-bond donors (Lipinski definition) is 2. The first-order valence-corrected chi connectivity index (χ1v) is 10.1. The number of imide groups is 1. The number of nitrogens with zero attached hydrogens (tertiary/aromatic N) is 2. The Balaban J connectivity index is 1.48. The second-order valence-corrected chi connectivity index (χ2v) is 8.24. The highest BCUT2D eigenvalue weighted by Gasteiger charge is 2.49. The number of urea groups is 1. The molecule has 1 saturated heterocycles. The molecule has 2 heterocycles. The lowest BCUT2D eigenvalue weighted by molar-refractivity contribution is -0.133. The summed E-state index contributed by atoms with van der Waals surface area (Å²) in [4.78, 5) is 43.2. The Morgan fingerprint density at radius 2 is 1.97 bits per heavy atom. The van der Waals surface area contributed by atoms with E-state index in [-0.39, 0.29) is 0 Å². The summed E-state index contributed by atoms with van der Waals surface area (Å²) in [5.74, 6) is -0.345. The molecule has 9 heteroatoms. The van der Waals surface area contributed by atoms with E-state index in [1.807, 2.05) is 25.1 Å². The van der Waals surface area contributed by atoms with Crippen molar-refractivity contribution in [3.63, 3.8) is 0 Å². The van der Waals surface area contributed by atoms with Crippen molar-refractivity contribution in [2.24, 2.45) is 0 Å². The van der Waals surface area contributed by atoms with Crippen molar-refractivity contribution >= 4 is 44.5 Å². The zero-order chi connectivity index (χ0) is 21.5. The van der Waals surface area contributed by atoms with Crippen molar-refractivity contribution < 1.29 is 19.1 Å². The molecule has 1 aliphatic heterocycles. The van der Waals surface area contributed by atoms with Gasteiger partial charge in [-0.25, -0.2) is 9.78 Å². The minimum atomic E-state index is -1.25. The van der Waals surface area contributed by atoms with Crippen molar-refractivity contribution in [2.75, 3.05) is 19.0 Å². The van der Waals surface area contributed by atoms with Crippen LogP contribution in [0.15, 0.2) is 42.5 Å². The molecule has 1 aliphatic rings. The van der Waals surface area contributed by atoms with Gasteiger partial charge in [0.2, 0.25) is 5.91 Å². The molecular formula is C21H20N4O4S. The minimum absolute atomic E-state index is 0.397. The van der Waals surface area contributed by atoms with E-state index in [4.69, 9.17) is 4.74 Å². The fourth-order valence-electron chi connectivity index (χ4n) is 3.35. The van der Waals surface area contributed by atoms with Crippen molar-refractivity contribution in [2.45, 2.75) is 19.4 Å². The lowest BCUT2D eigenvalue weighted by Gasteiger charge is -2.22. The summed E-state index contributed by atoms with van der Waals surface area (Å²) in [5, 5.41) is 5.79. The maximum atomic E-state index is 13.0. The second kappa shape index (κ2) is 7.42. The summed E-state index contributed by atoms with van der Waals surface area (Å²) in [5.41, 5.74) is 1.23. The van der Waals surface area contributed by atoms with Crippen molar-refractivity contribution in [1.82, 2.24) is 15.2 Å². The van der Waals surface area contributed by atoms with E-state index in [1.54, 1.807) is 38.3 Å². The molecule has 1 fully saturated rings. The molecule has 30 heavy (non-hydrogen) atoms. The van der Waals surface area contributed by atoms with Crippen LogP contribution in [0.5, 0.6) is 5.75 Å². The summed E-state index contributed by atoms with van der Waals surface area (Å²) >= 11 is 1.34. The fraction of sp³-hybridized carbons (Fsp3) is 0.238. The van der Waals surface area contributed by atoms with Gasteiger partial charge in [-0.05, 0) is 49.2 Å². The number of aromatic nitrogens is 1. The molecule has 4 amide bonds. The summed E-state index contributed by atoms with van der Waals surface area (Å²) in [6.07, 6.45) is 0. The quantitative estimate of drug-likeness (QED) is 0.613. The smallest absolute Gasteiger partial charge is 0.325 e. The molecule has 0 aliphatic carbocycles. The maximum Gasteiger partial charge on any atom is 0.325 e. The van der Waals surface area contributed by atoms with Gasteiger partial charge in [-0.3, -0.25) is 14.5 Å². The number of fused-ring (bicyclic) bond motifs is 1. The van der Waals surface area contributed by atoms with Gasteiger partial charge in [-0.2, -0.15) is 0 Å². The van der Waals surface area contributed by atoms with Crippen LogP contribution in [-0.4, -0.2) is 41.4 Å². The molecule has 1 atom stereocenters. The normalized spacial score (nSPS) is 18.6. The SMILES string of the molecule is COc1ccc(C2(C)NC(=O)N(CC(=O)Nc3nc4ccc(C)cc4s3)C2=O)cc1. The molecule has 4 rings (SSSR count). The number of rotatable bonds is 5. The molecular weight excluding hydrogens is 404 g/mol. The van der Waals surface area contributed by atoms with Crippen LogP contribution in [0.25, 0.3) is 10.2 Å². The third-order valence-electron chi connectivity index (χ3n) is 5.03. The Labute approximate surface area is 176 Å². The highest BCUT2D eigenvalue weighted by Crippen LogP contribution is 2.30. The van der Waals surface area contributed by atoms with E-state index < -0.39 is 29.9 Å². The Morgan fingerprint density at radius 1 is 1.23 bits per heavy atom. The molecule has 1 aromatic heterocycles. The zero-order valence-corrected chi connectivity index (χ0v) is 17.5. The lowest BCUT2D eigenvalue weighted by Crippen LogP contribution is -2.42. The molecule has 154 valence electrons. The minimum Gasteiger partial charge on any atom is -0.497 e. The topological polar surface area (TPSA) is 101 Å². The molecule has 8 nitrogen and oxygen atoms in total. The monoisotopic (exact) mass is 424 g/mol. The van der Waals surface area contributed by atoms with Crippen LogP contribution in [-0.2, 0) is 15.1 Å². The van der Waals surface area contributed by atoms with Gasteiger partial charge in [0.25, 0.3) is 5.91 Å². The van der Waals surface area contributed by atoms with E-state index in [0.29, 0.717) is 16.4 Å². The van der Waals surface area contributed by atoms with Crippen LogP contribution in [0.4, 0.5) is 9.93 Å². The average molecular weight is 424 g/mol. The van der Waals surface area contributed by atoms with Crippen molar-refractivity contribution in [1.29, 1.82) is 0 Å². The van der Waals surface area contributed by atoms with E-state index in [9.17, 15) is 14.4 Å². The van der Waals surface area contributed by atoms with Gasteiger partial charge in [0, 0.05) is 0 Å². The summed E-state index contributed by atoms with van der Waals surface area (Å²) in [6.45, 7) is 3.20. The number of carbonyl (C=O) groups is 3. The Morgan fingerprint density at radius 3 is 2.67 bits per heavy atom. The van der Waals surface area contributed by atoms with Crippen LogP contribution in [0, 0.1) is 6.92 Å². The third-order valence-corrected chi connectivity index (χ3v) is 5.97. The van der Waals surface area contributed by atoms with Crippen LogP contribution in [0.2, 0.25) is 0 Å². The van der Waals surface area contributed by atoms with Gasteiger partial charge in [0.05, 0.1) is 17.3 Å². The Hall–Kier alpha value is -3.46. The summed E-state index contributed by atoms with van der Waals surface area (Å²) < 4.78 is 6.08. The first kappa shape index (κ1) is 19.8. The molecule has 0 radical (unpaired) electrons. The maximum absolute atomic E-state index is 13.0. The van der Waals surface area contributed by atoms with E-state index in [0.717, 1.165) is 20.7 Å². The molecule has 3 aromatic rings. The molecule has 2 N–H and O–H groups in total. The summed E-state index contributed by atoms with van der Waals surface area (Å²) in [6, 6.07) is 12.0. The predicted octanol–water partition coefficient (Wildman–Crippen LogP) is 3.02. The first-order chi connectivity index (χ1) is 14.3. The van der Waals surface area contributed by atoms with E-state index in [1.165, 1.54) is 11.3 Å². The number of anilines is 1. The molecule has 2 aromatic carbocycles. The van der Waals surface area contributed by atoms with Crippen LogP contribution >= 0.6 is 11.3 Å². The number of ether oxygens (including phenoxy) is 1. The van der Waals surface area contributed by atoms with Crippen molar-refractivity contribution in [3.8, 4) is 5.75 Å². The number of aryl methyl sites for hydroxylation is 1. The van der Waals surface area contributed by atoms with Crippen LogP contribution in [0.1, 0.15) is 18.1 Å². The van der Waals surface area contributed by atoms with Crippen LogP contribution < -0.4 is 15.4 Å². The Kier molecular flexibility index (Phi) is 4.90. The van der Waals surface area contributed by atoms with Gasteiger partial charge < -0.3 is 15.4 Å². The number of amides is 4. The largest absolute Gasteiger partial charge is 0.497 e. The first-order valence-electron chi connectivity index (χ1n) is 9.26. The standard InChI is InChI=1S/C21H20N4O4S/c1-12-4-9-15-16(10-12)30-19(22-15)23-17(26)11-25-18(27)21(2,24-20(25)28)13-5-7-14(29-3)8-6-13/h4-10H,11H2,1-3H3,(H,24,28)(H,22,23,26). The van der Waals surface area contributed by atoms with Gasteiger partial charge >= 0.3 is 6.03 Å². The predicted molar refractivity (Wildman–Crippen MR) is 114 cm³/mol. The van der Waals surface area contributed by atoms with Crippen molar-refractivity contribution in [3.05, 3.63) is 53.6 Å². The number of benzene rings is 2. The molecule has 0 bridgehead atoms. The second-order valence-electron chi connectivity index (χ2n) is 7.21. The van der Waals surface area contributed by atoms with Gasteiger partial charge in [-0.15, -0.1) is 0 Å². The zero-order valence-electron chi connectivity index (χ0n) is 16.7. The number of carbonyl (C=O) groups excluding carboxylic acids is 3. The third kappa shape index (κ3) is 3.48. The number of methoxy groups -OCH3 is 1. The van der Waals surface area contributed by atoms with Crippen LogP contribution in [0.3, 0.4) is 0 Å². The average Bonchev–Trinajstić information content (AvgIpc) is 3.21. The number of nitrogens with one attached hydrogen (secondary N) is 2. The molecule has 0 saturated carbocycles. The number of hydrogen-bond acceptors (Lipinski definition) is 6. The highest BCUT2D eigenvalue weighted by molar-refractivity contribution is 7.22. The fourth-order valence-corrected chi connectivity index (χ4v) is 4.33. The van der Waals surface area contributed by atoms with E-state index >= 15 is 0 Å².